The van der Waals surface area contributed by atoms with Gasteiger partial charge in [-0.05, 0) is 64.4 Å². The molecule has 7 nitrogen and oxygen atoms in total. The minimum absolute atomic E-state index is 0.109. The van der Waals surface area contributed by atoms with Crippen molar-refractivity contribution in [1.29, 1.82) is 0 Å². The quantitative estimate of drug-likeness (QED) is 0.314. The maximum Gasteiger partial charge on any atom is 0.322 e. The van der Waals surface area contributed by atoms with Crippen LogP contribution < -0.4 is 10.6 Å². The van der Waals surface area contributed by atoms with E-state index in [1.165, 1.54) is 4.90 Å². The highest BCUT2D eigenvalue weighted by Crippen LogP contribution is 2.33. The van der Waals surface area contributed by atoms with Gasteiger partial charge in [0.05, 0.1) is 11.4 Å². The zero-order valence-corrected chi connectivity index (χ0v) is 21.9. The molecule has 0 radical (unpaired) electrons. The molecule has 3 amide bonds. The number of aromatic nitrogens is 2. The van der Waals surface area contributed by atoms with Gasteiger partial charge >= 0.3 is 6.03 Å². The standard InChI is InChI=1S/C30H33N5O2/c1-20(2)34(30(37)31-25-15-11-21(3)12-16-25)19-27(36)32-29-28(24-9-7-6-8-10-24)23(5)33-35(29)26-17-13-22(4)14-18-26/h6-18,20H,19H2,1-5H3,(H,31,37)(H,32,36). The summed E-state index contributed by atoms with van der Waals surface area (Å²) < 4.78 is 1.75. The van der Waals surface area contributed by atoms with E-state index >= 15 is 0 Å². The highest BCUT2D eigenvalue weighted by molar-refractivity contribution is 5.99. The lowest BCUT2D eigenvalue weighted by atomic mass is 10.1. The van der Waals surface area contributed by atoms with Crippen LogP contribution in [0.15, 0.2) is 78.9 Å². The highest BCUT2D eigenvalue weighted by Gasteiger charge is 2.24. The molecule has 0 fully saturated rings. The Balaban J connectivity index is 1.63. The Morgan fingerprint density at radius 2 is 1.43 bits per heavy atom. The number of urea groups is 1. The minimum Gasteiger partial charge on any atom is -0.313 e. The Hall–Kier alpha value is -4.39. The van der Waals surface area contributed by atoms with Gasteiger partial charge in [0, 0.05) is 17.3 Å². The third kappa shape index (κ3) is 6.06. The molecule has 0 spiro atoms. The molecular weight excluding hydrogens is 462 g/mol. The lowest BCUT2D eigenvalue weighted by Gasteiger charge is -2.26. The van der Waals surface area contributed by atoms with Crippen molar-refractivity contribution >= 4 is 23.4 Å². The molecule has 3 aromatic carbocycles. The van der Waals surface area contributed by atoms with Crippen LogP contribution in [0.1, 0.15) is 30.7 Å². The number of aryl methyl sites for hydroxylation is 3. The van der Waals surface area contributed by atoms with Crippen LogP contribution in [0, 0.1) is 20.8 Å². The molecule has 0 saturated heterocycles. The zero-order valence-electron chi connectivity index (χ0n) is 21.9. The van der Waals surface area contributed by atoms with Crippen LogP contribution in [0.25, 0.3) is 16.8 Å². The fourth-order valence-corrected chi connectivity index (χ4v) is 4.11. The number of carbonyl (C=O) groups excluding carboxylic acids is 2. The molecule has 4 aromatic rings. The fraction of sp³-hybridized carbons (Fsp3) is 0.233. The van der Waals surface area contributed by atoms with Crippen molar-refractivity contribution in [2.24, 2.45) is 0 Å². The number of amides is 3. The topological polar surface area (TPSA) is 79.3 Å². The van der Waals surface area contributed by atoms with Crippen LogP contribution >= 0.6 is 0 Å². The van der Waals surface area contributed by atoms with E-state index in [9.17, 15) is 9.59 Å². The van der Waals surface area contributed by atoms with E-state index in [2.05, 4.69) is 10.6 Å². The summed E-state index contributed by atoms with van der Waals surface area (Å²) in [6, 6.07) is 24.9. The largest absolute Gasteiger partial charge is 0.322 e. The van der Waals surface area contributed by atoms with E-state index < -0.39 is 0 Å². The first-order chi connectivity index (χ1) is 17.7. The molecule has 0 aliphatic heterocycles. The van der Waals surface area contributed by atoms with E-state index in [1.54, 1.807) is 4.68 Å². The maximum atomic E-state index is 13.4. The summed E-state index contributed by atoms with van der Waals surface area (Å²) in [6.07, 6.45) is 0. The van der Waals surface area contributed by atoms with Gasteiger partial charge in [-0.1, -0.05) is 65.7 Å². The number of carbonyl (C=O) groups is 2. The number of nitrogens with one attached hydrogen (secondary N) is 2. The number of benzene rings is 3. The van der Waals surface area contributed by atoms with Gasteiger partial charge in [-0.15, -0.1) is 0 Å². The summed E-state index contributed by atoms with van der Waals surface area (Å²) in [5.74, 6) is 0.262. The van der Waals surface area contributed by atoms with Crippen molar-refractivity contribution in [3.63, 3.8) is 0 Å². The first kappa shape index (κ1) is 25.7. The van der Waals surface area contributed by atoms with Gasteiger partial charge in [-0.3, -0.25) is 4.79 Å². The molecule has 190 valence electrons. The lowest BCUT2D eigenvalue weighted by molar-refractivity contribution is -0.117. The van der Waals surface area contributed by atoms with Gasteiger partial charge in [-0.2, -0.15) is 5.10 Å². The van der Waals surface area contributed by atoms with Crippen LogP contribution in [-0.2, 0) is 4.79 Å². The molecule has 7 heteroatoms. The Morgan fingerprint density at radius 1 is 0.838 bits per heavy atom. The fourth-order valence-electron chi connectivity index (χ4n) is 4.11. The third-order valence-electron chi connectivity index (χ3n) is 6.16. The molecule has 0 atom stereocenters. The molecular formula is C30H33N5O2. The molecule has 1 heterocycles. The average Bonchev–Trinajstić information content (AvgIpc) is 3.20. The summed E-state index contributed by atoms with van der Waals surface area (Å²) in [7, 11) is 0. The maximum absolute atomic E-state index is 13.4. The van der Waals surface area contributed by atoms with Gasteiger partial charge in [0.15, 0.2) is 0 Å². The second-order valence-electron chi connectivity index (χ2n) is 9.49. The Kier molecular flexibility index (Phi) is 7.72. The van der Waals surface area contributed by atoms with E-state index in [0.29, 0.717) is 11.5 Å². The normalized spacial score (nSPS) is 10.9. The summed E-state index contributed by atoms with van der Waals surface area (Å²) >= 11 is 0. The number of hydrogen-bond acceptors (Lipinski definition) is 3. The predicted octanol–water partition coefficient (Wildman–Crippen LogP) is 6.35. The van der Waals surface area contributed by atoms with E-state index in [-0.39, 0.29) is 24.5 Å². The molecule has 0 bridgehead atoms. The van der Waals surface area contributed by atoms with E-state index in [4.69, 9.17) is 5.10 Å². The van der Waals surface area contributed by atoms with Crippen LogP contribution in [0.5, 0.6) is 0 Å². The zero-order chi connectivity index (χ0) is 26.5. The Labute approximate surface area is 218 Å². The van der Waals surface area contributed by atoms with Crippen molar-refractivity contribution < 1.29 is 9.59 Å². The van der Waals surface area contributed by atoms with Crippen LogP contribution in [0.2, 0.25) is 0 Å². The molecule has 0 aliphatic rings. The molecule has 4 rings (SSSR count). The number of nitrogens with zero attached hydrogens (tertiary/aromatic N) is 3. The number of rotatable bonds is 7. The summed E-state index contributed by atoms with van der Waals surface area (Å²) in [5.41, 5.74) is 6.34. The van der Waals surface area contributed by atoms with Crippen molar-refractivity contribution in [2.45, 2.75) is 40.7 Å². The molecule has 0 unspecified atom stereocenters. The number of anilines is 2. The molecule has 1 aromatic heterocycles. The summed E-state index contributed by atoms with van der Waals surface area (Å²) in [6.45, 7) is 9.61. The molecule has 2 N–H and O–H groups in total. The minimum atomic E-state index is -0.333. The van der Waals surface area contributed by atoms with Crippen molar-refractivity contribution in [2.75, 3.05) is 17.2 Å². The van der Waals surface area contributed by atoms with Gasteiger partial charge in [0.25, 0.3) is 0 Å². The monoisotopic (exact) mass is 495 g/mol. The SMILES string of the molecule is Cc1ccc(NC(=O)N(CC(=O)Nc2c(-c3ccccc3)c(C)nn2-c2ccc(C)cc2)C(C)C)cc1. The van der Waals surface area contributed by atoms with Crippen molar-refractivity contribution in [3.05, 3.63) is 95.7 Å². The second-order valence-corrected chi connectivity index (χ2v) is 9.49. The van der Waals surface area contributed by atoms with Crippen molar-refractivity contribution in [1.82, 2.24) is 14.7 Å². The average molecular weight is 496 g/mol. The third-order valence-corrected chi connectivity index (χ3v) is 6.16. The summed E-state index contributed by atoms with van der Waals surface area (Å²) in [5, 5.41) is 10.7. The second kappa shape index (κ2) is 11.1. The van der Waals surface area contributed by atoms with Crippen LogP contribution in [0.4, 0.5) is 16.3 Å². The Morgan fingerprint density at radius 3 is 2.03 bits per heavy atom. The molecule has 0 aliphatic carbocycles. The molecule has 37 heavy (non-hydrogen) atoms. The van der Waals surface area contributed by atoms with E-state index in [1.807, 2.05) is 113 Å². The van der Waals surface area contributed by atoms with Gasteiger partial charge in [0.2, 0.25) is 5.91 Å². The molecule has 0 saturated carbocycles. The predicted molar refractivity (Wildman–Crippen MR) is 149 cm³/mol. The van der Waals surface area contributed by atoms with E-state index in [0.717, 1.165) is 33.6 Å². The number of hydrogen-bond donors (Lipinski definition) is 2. The van der Waals surface area contributed by atoms with Gasteiger partial charge in [0.1, 0.15) is 12.4 Å². The van der Waals surface area contributed by atoms with Gasteiger partial charge in [-0.25, -0.2) is 9.48 Å². The van der Waals surface area contributed by atoms with Crippen LogP contribution in [0.3, 0.4) is 0 Å². The smallest absolute Gasteiger partial charge is 0.313 e. The van der Waals surface area contributed by atoms with Crippen LogP contribution in [-0.4, -0.2) is 39.2 Å². The van der Waals surface area contributed by atoms with Crippen molar-refractivity contribution in [3.8, 4) is 16.8 Å². The Bertz CT molecular complexity index is 1370. The lowest BCUT2D eigenvalue weighted by Crippen LogP contribution is -2.44. The van der Waals surface area contributed by atoms with Gasteiger partial charge < -0.3 is 15.5 Å². The first-order valence-electron chi connectivity index (χ1n) is 12.4. The summed E-state index contributed by atoms with van der Waals surface area (Å²) in [4.78, 5) is 28.0. The highest BCUT2D eigenvalue weighted by atomic mass is 16.2. The first-order valence-corrected chi connectivity index (χ1v) is 12.4.